The zero-order chi connectivity index (χ0) is 17.4. The van der Waals surface area contributed by atoms with Gasteiger partial charge in [-0.05, 0) is 36.8 Å². The molecule has 0 saturated carbocycles. The average Bonchev–Trinajstić information content (AvgIpc) is 2.60. The minimum atomic E-state index is -0.404. The molecule has 2 rings (SSSR count). The minimum absolute atomic E-state index is 0.0799. The molecule has 5 heteroatoms. The number of rotatable bonds is 6. The van der Waals surface area contributed by atoms with Crippen LogP contribution in [0.15, 0.2) is 54.6 Å². The molecule has 2 aromatic rings. The molecular formula is C19H18N2O3. The third kappa shape index (κ3) is 5.25. The number of nitriles is 1. The van der Waals surface area contributed by atoms with E-state index in [1.807, 2.05) is 12.1 Å². The highest BCUT2D eigenvalue weighted by molar-refractivity contribution is 5.94. The fraction of sp³-hybridized carbons (Fsp3) is 0.211. The molecule has 0 bridgehead atoms. The molecular weight excluding hydrogens is 304 g/mol. The van der Waals surface area contributed by atoms with Crippen molar-refractivity contribution in [2.75, 3.05) is 0 Å². The van der Waals surface area contributed by atoms with E-state index in [1.165, 1.54) is 0 Å². The first kappa shape index (κ1) is 17.2. The topological polar surface area (TPSA) is 79.2 Å². The third-order valence-corrected chi connectivity index (χ3v) is 3.34. The number of benzene rings is 2. The molecule has 0 aromatic heterocycles. The van der Waals surface area contributed by atoms with Crippen LogP contribution in [0, 0.1) is 11.3 Å². The van der Waals surface area contributed by atoms with Crippen LogP contribution in [0.4, 0.5) is 0 Å². The fourth-order valence-electron chi connectivity index (χ4n) is 2.15. The highest BCUT2D eigenvalue weighted by atomic mass is 16.5. The van der Waals surface area contributed by atoms with Crippen LogP contribution in [0.5, 0.6) is 0 Å². The van der Waals surface area contributed by atoms with Gasteiger partial charge in [0.15, 0.2) is 0 Å². The van der Waals surface area contributed by atoms with Crippen LogP contribution in [-0.4, -0.2) is 17.9 Å². The number of carbonyl (C=O) groups excluding carboxylic acids is 2. The number of amides is 1. The lowest BCUT2D eigenvalue weighted by Gasteiger charge is -2.13. The number of ether oxygens (including phenoxy) is 1. The zero-order valence-corrected chi connectivity index (χ0v) is 13.4. The van der Waals surface area contributed by atoms with Crippen LogP contribution in [0.2, 0.25) is 0 Å². The molecule has 5 nitrogen and oxygen atoms in total. The molecule has 1 unspecified atom stereocenters. The summed E-state index contributed by atoms with van der Waals surface area (Å²) in [6.45, 7) is 1.85. The molecule has 0 heterocycles. The lowest BCUT2D eigenvalue weighted by molar-refractivity contribution is -0.145. The Morgan fingerprint density at radius 3 is 2.62 bits per heavy atom. The monoisotopic (exact) mass is 322 g/mol. The lowest BCUT2D eigenvalue weighted by Crippen LogP contribution is -2.34. The van der Waals surface area contributed by atoms with Crippen molar-refractivity contribution < 1.29 is 14.3 Å². The summed E-state index contributed by atoms with van der Waals surface area (Å²) in [6, 6.07) is 17.4. The van der Waals surface area contributed by atoms with E-state index in [4.69, 9.17) is 10.00 Å². The highest BCUT2D eigenvalue weighted by Gasteiger charge is 2.14. The van der Waals surface area contributed by atoms with Gasteiger partial charge in [0, 0.05) is 11.6 Å². The quantitative estimate of drug-likeness (QED) is 0.829. The first-order valence-corrected chi connectivity index (χ1v) is 7.59. The molecule has 24 heavy (non-hydrogen) atoms. The Hall–Kier alpha value is -3.13. The van der Waals surface area contributed by atoms with Gasteiger partial charge < -0.3 is 10.1 Å². The Kier molecular flexibility index (Phi) is 6.09. The van der Waals surface area contributed by atoms with Gasteiger partial charge in [0.25, 0.3) is 5.91 Å². The van der Waals surface area contributed by atoms with E-state index in [0.29, 0.717) is 11.1 Å². The van der Waals surface area contributed by atoms with Gasteiger partial charge in [-0.1, -0.05) is 30.3 Å². The summed E-state index contributed by atoms with van der Waals surface area (Å²) in [5.41, 5.74) is 1.82. The zero-order valence-electron chi connectivity index (χ0n) is 13.4. The van der Waals surface area contributed by atoms with Gasteiger partial charge in [0.05, 0.1) is 18.1 Å². The molecule has 0 aliphatic carbocycles. The van der Waals surface area contributed by atoms with E-state index < -0.39 is 5.97 Å². The van der Waals surface area contributed by atoms with Gasteiger partial charge in [-0.25, -0.2) is 0 Å². The molecule has 0 aliphatic rings. The Labute approximate surface area is 140 Å². The molecule has 1 atom stereocenters. The summed E-state index contributed by atoms with van der Waals surface area (Å²) in [5, 5.41) is 11.6. The van der Waals surface area contributed by atoms with Crippen molar-refractivity contribution in [2.45, 2.75) is 26.0 Å². The number of hydrogen-bond donors (Lipinski definition) is 1. The predicted molar refractivity (Wildman–Crippen MR) is 88.9 cm³/mol. The van der Waals surface area contributed by atoms with Gasteiger partial charge in [0.1, 0.15) is 6.61 Å². The number of esters is 1. The van der Waals surface area contributed by atoms with Crippen molar-refractivity contribution in [2.24, 2.45) is 0 Å². The summed E-state index contributed by atoms with van der Waals surface area (Å²) in [5.74, 6) is -0.629. The SMILES string of the molecule is CC(CC(=O)OCc1cccc(C#N)c1)NC(=O)c1ccccc1. The van der Waals surface area contributed by atoms with Crippen LogP contribution in [0.3, 0.4) is 0 Å². The molecule has 0 aliphatic heterocycles. The fourth-order valence-corrected chi connectivity index (χ4v) is 2.15. The molecule has 1 N–H and O–H groups in total. The van der Waals surface area contributed by atoms with Crippen LogP contribution in [0.25, 0.3) is 0 Å². The maximum absolute atomic E-state index is 12.0. The van der Waals surface area contributed by atoms with E-state index in [1.54, 1.807) is 55.5 Å². The minimum Gasteiger partial charge on any atom is -0.461 e. The first-order valence-electron chi connectivity index (χ1n) is 7.59. The maximum atomic E-state index is 12.0. The number of nitrogens with zero attached hydrogens (tertiary/aromatic N) is 1. The molecule has 0 radical (unpaired) electrons. The summed E-state index contributed by atoms with van der Waals surface area (Å²) in [6.07, 6.45) is 0.0799. The van der Waals surface area contributed by atoms with Crippen LogP contribution >= 0.6 is 0 Å². The summed E-state index contributed by atoms with van der Waals surface area (Å²) < 4.78 is 5.19. The number of hydrogen-bond acceptors (Lipinski definition) is 4. The Bertz CT molecular complexity index is 751. The summed E-state index contributed by atoms with van der Waals surface area (Å²) in [7, 11) is 0. The smallest absolute Gasteiger partial charge is 0.308 e. The van der Waals surface area contributed by atoms with Gasteiger partial charge in [-0.2, -0.15) is 5.26 Å². The molecule has 0 fully saturated rings. The third-order valence-electron chi connectivity index (χ3n) is 3.34. The molecule has 1 amide bonds. The highest BCUT2D eigenvalue weighted by Crippen LogP contribution is 2.07. The van der Waals surface area contributed by atoms with E-state index >= 15 is 0 Å². The maximum Gasteiger partial charge on any atom is 0.308 e. The molecule has 2 aromatic carbocycles. The van der Waals surface area contributed by atoms with Gasteiger partial charge in [-0.15, -0.1) is 0 Å². The van der Waals surface area contributed by atoms with Gasteiger partial charge >= 0.3 is 5.97 Å². The average molecular weight is 322 g/mol. The van der Waals surface area contributed by atoms with E-state index in [9.17, 15) is 9.59 Å². The number of nitrogens with one attached hydrogen (secondary N) is 1. The number of carbonyl (C=O) groups is 2. The van der Waals surface area contributed by atoms with Crippen LogP contribution in [-0.2, 0) is 16.1 Å². The second kappa shape index (κ2) is 8.49. The standard InChI is InChI=1S/C19H18N2O3/c1-14(21-19(23)17-8-3-2-4-9-17)10-18(22)24-13-16-7-5-6-15(11-16)12-20/h2-9,11,14H,10,13H2,1H3,(H,21,23). The summed E-state index contributed by atoms with van der Waals surface area (Å²) >= 11 is 0. The predicted octanol–water partition coefficient (Wildman–Crippen LogP) is 2.81. The van der Waals surface area contributed by atoms with Crippen molar-refractivity contribution in [3.63, 3.8) is 0 Å². The van der Waals surface area contributed by atoms with Crippen molar-refractivity contribution in [1.29, 1.82) is 5.26 Å². The van der Waals surface area contributed by atoms with Crippen molar-refractivity contribution in [3.8, 4) is 6.07 Å². The summed E-state index contributed by atoms with van der Waals surface area (Å²) in [4.78, 5) is 23.9. The second-order valence-electron chi connectivity index (χ2n) is 5.42. The first-order chi connectivity index (χ1) is 11.6. The molecule has 0 spiro atoms. The Morgan fingerprint density at radius 2 is 1.92 bits per heavy atom. The molecule has 0 saturated heterocycles. The Morgan fingerprint density at radius 1 is 1.17 bits per heavy atom. The largest absolute Gasteiger partial charge is 0.461 e. The van der Waals surface area contributed by atoms with Crippen molar-refractivity contribution in [3.05, 3.63) is 71.3 Å². The van der Waals surface area contributed by atoms with Crippen LogP contribution in [0.1, 0.15) is 34.8 Å². The van der Waals surface area contributed by atoms with E-state index in [0.717, 1.165) is 5.56 Å². The second-order valence-corrected chi connectivity index (χ2v) is 5.42. The van der Waals surface area contributed by atoms with E-state index in [2.05, 4.69) is 5.32 Å². The van der Waals surface area contributed by atoms with Gasteiger partial charge in [-0.3, -0.25) is 9.59 Å². The molecule has 122 valence electrons. The van der Waals surface area contributed by atoms with Crippen molar-refractivity contribution >= 4 is 11.9 Å². The Balaban J connectivity index is 1.79. The van der Waals surface area contributed by atoms with Crippen LogP contribution < -0.4 is 5.32 Å². The van der Waals surface area contributed by atoms with Crippen molar-refractivity contribution in [1.82, 2.24) is 5.32 Å². The van der Waals surface area contributed by atoms with E-state index in [-0.39, 0.29) is 25.0 Å². The normalized spacial score (nSPS) is 11.2. The van der Waals surface area contributed by atoms with Gasteiger partial charge in [0.2, 0.25) is 0 Å². The lowest BCUT2D eigenvalue weighted by atomic mass is 10.1.